The molecule has 2 aromatic carbocycles. The molecule has 0 fully saturated rings. The van der Waals surface area contributed by atoms with Gasteiger partial charge < -0.3 is 15.0 Å². The van der Waals surface area contributed by atoms with Gasteiger partial charge in [0.25, 0.3) is 0 Å². The molecule has 0 radical (unpaired) electrons. The first-order chi connectivity index (χ1) is 12.6. The molecule has 0 amide bonds. The van der Waals surface area contributed by atoms with Gasteiger partial charge in [-0.2, -0.15) is 0 Å². The number of aliphatic imine (C=N–C) groups is 1. The molecule has 2 aromatic rings. The van der Waals surface area contributed by atoms with Crippen molar-refractivity contribution in [1.29, 1.82) is 0 Å². The Labute approximate surface area is 153 Å². The number of allylic oxidation sites excluding steroid dienone is 1. The quantitative estimate of drug-likeness (QED) is 0.904. The fourth-order valence-electron chi connectivity index (χ4n) is 3.40. The van der Waals surface area contributed by atoms with Gasteiger partial charge in [-0.15, -0.1) is 0 Å². The van der Waals surface area contributed by atoms with E-state index in [9.17, 15) is 4.79 Å². The summed E-state index contributed by atoms with van der Waals surface area (Å²) in [5.41, 5.74) is 5.61. The molecular weight excluding hydrogens is 326 g/mol. The van der Waals surface area contributed by atoms with Gasteiger partial charge in [0.05, 0.1) is 35.3 Å². The van der Waals surface area contributed by atoms with E-state index in [1.807, 2.05) is 50.5 Å². The maximum Gasteiger partial charge on any atom is 0.199 e. The molecule has 0 atom stereocenters. The molecular formula is C21H21N3O2. The van der Waals surface area contributed by atoms with E-state index in [0.29, 0.717) is 22.6 Å². The highest BCUT2D eigenvalue weighted by Gasteiger charge is 2.36. The van der Waals surface area contributed by atoms with Crippen molar-refractivity contribution in [3.05, 3.63) is 64.7 Å². The third-order valence-corrected chi connectivity index (χ3v) is 4.71. The first-order valence-electron chi connectivity index (χ1n) is 8.64. The van der Waals surface area contributed by atoms with Crippen LogP contribution in [0, 0.1) is 0 Å². The predicted molar refractivity (Wildman–Crippen MR) is 103 cm³/mol. The average molecular weight is 347 g/mol. The SMILES string of the molecule is COc1ccc2c(c1)C(=O)C1=C(NCCN(C)C)c3ccccc3C1=N2. The zero-order valence-corrected chi connectivity index (χ0v) is 15.2. The number of hydrogen-bond acceptors (Lipinski definition) is 5. The Bertz CT molecular complexity index is 957. The molecule has 0 saturated carbocycles. The number of Topliss-reactive ketones (excluding diaryl/α,β-unsaturated/α-hetero) is 1. The van der Waals surface area contributed by atoms with Gasteiger partial charge in [0.2, 0.25) is 0 Å². The number of methoxy groups -OCH3 is 1. The van der Waals surface area contributed by atoms with Crippen LogP contribution in [-0.2, 0) is 0 Å². The summed E-state index contributed by atoms with van der Waals surface area (Å²) < 4.78 is 5.28. The van der Waals surface area contributed by atoms with Crippen LogP contribution in [0.2, 0.25) is 0 Å². The summed E-state index contributed by atoms with van der Waals surface area (Å²) in [6.45, 7) is 1.63. The highest BCUT2D eigenvalue weighted by atomic mass is 16.5. The Kier molecular flexibility index (Phi) is 4.09. The van der Waals surface area contributed by atoms with Gasteiger partial charge in [0.15, 0.2) is 5.78 Å². The van der Waals surface area contributed by atoms with Gasteiger partial charge in [-0.25, -0.2) is 4.99 Å². The lowest BCUT2D eigenvalue weighted by molar-refractivity contribution is 0.104. The second-order valence-electron chi connectivity index (χ2n) is 6.70. The molecule has 132 valence electrons. The Balaban J connectivity index is 1.84. The molecule has 26 heavy (non-hydrogen) atoms. The number of benzene rings is 2. The average Bonchev–Trinajstić information content (AvgIpc) is 2.96. The van der Waals surface area contributed by atoms with Crippen molar-refractivity contribution >= 4 is 22.9 Å². The maximum atomic E-state index is 13.3. The van der Waals surface area contributed by atoms with Crippen molar-refractivity contribution in [2.75, 3.05) is 34.3 Å². The van der Waals surface area contributed by atoms with Crippen molar-refractivity contribution in [3.8, 4) is 5.75 Å². The summed E-state index contributed by atoms with van der Waals surface area (Å²) >= 11 is 0. The number of ketones is 1. The van der Waals surface area contributed by atoms with E-state index in [1.54, 1.807) is 13.2 Å². The highest BCUT2D eigenvalue weighted by Crippen LogP contribution is 2.40. The first-order valence-corrected chi connectivity index (χ1v) is 8.64. The van der Waals surface area contributed by atoms with Crippen LogP contribution < -0.4 is 10.1 Å². The molecule has 0 aromatic heterocycles. The Morgan fingerprint density at radius 1 is 1.08 bits per heavy atom. The normalized spacial score (nSPS) is 14.8. The van der Waals surface area contributed by atoms with Crippen molar-refractivity contribution in [2.45, 2.75) is 0 Å². The molecule has 0 spiro atoms. The van der Waals surface area contributed by atoms with Crippen molar-refractivity contribution < 1.29 is 9.53 Å². The molecule has 5 nitrogen and oxygen atoms in total. The van der Waals surface area contributed by atoms with Crippen LogP contribution in [0.1, 0.15) is 21.5 Å². The number of carbonyl (C=O) groups is 1. The van der Waals surface area contributed by atoms with E-state index >= 15 is 0 Å². The van der Waals surface area contributed by atoms with Gasteiger partial charge in [0.1, 0.15) is 5.75 Å². The number of ether oxygens (including phenoxy) is 1. The smallest absolute Gasteiger partial charge is 0.199 e. The molecule has 4 rings (SSSR count). The lowest BCUT2D eigenvalue weighted by Crippen LogP contribution is -2.27. The number of fused-ring (bicyclic) bond motifs is 4. The minimum Gasteiger partial charge on any atom is -0.497 e. The van der Waals surface area contributed by atoms with Gasteiger partial charge in [-0.3, -0.25) is 4.79 Å². The molecule has 0 saturated heterocycles. The first kappa shape index (κ1) is 16.5. The van der Waals surface area contributed by atoms with Crippen molar-refractivity contribution in [2.24, 2.45) is 4.99 Å². The van der Waals surface area contributed by atoms with Gasteiger partial charge in [-0.05, 0) is 32.3 Å². The number of rotatable bonds is 5. The second-order valence-corrected chi connectivity index (χ2v) is 6.70. The lowest BCUT2D eigenvalue weighted by Gasteiger charge is -2.17. The van der Waals surface area contributed by atoms with Crippen LogP contribution in [-0.4, -0.2) is 50.7 Å². The van der Waals surface area contributed by atoms with Gasteiger partial charge >= 0.3 is 0 Å². The van der Waals surface area contributed by atoms with E-state index in [-0.39, 0.29) is 5.78 Å². The third-order valence-electron chi connectivity index (χ3n) is 4.71. The molecule has 5 heteroatoms. The number of nitrogens with zero attached hydrogens (tertiary/aromatic N) is 2. The van der Waals surface area contributed by atoms with Crippen LogP contribution in [0.3, 0.4) is 0 Å². The third kappa shape index (κ3) is 2.61. The van der Waals surface area contributed by atoms with E-state index in [0.717, 1.165) is 35.6 Å². The summed E-state index contributed by atoms with van der Waals surface area (Å²) in [5, 5.41) is 3.46. The van der Waals surface area contributed by atoms with E-state index in [1.165, 1.54) is 0 Å². The standard InChI is InChI=1S/C21H21N3O2/c1-24(2)11-10-22-19-14-6-4-5-7-15(14)20-18(19)21(25)16-12-13(26-3)8-9-17(16)23-20/h4-9,12,22H,10-11H2,1-3H3. The summed E-state index contributed by atoms with van der Waals surface area (Å²) in [5.74, 6) is 0.654. The molecule has 1 aliphatic carbocycles. The fourth-order valence-corrected chi connectivity index (χ4v) is 3.40. The molecule has 1 heterocycles. The summed E-state index contributed by atoms with van der Waals surface area (Å²) in [4.78, 5) is 20.2. The van der Waals surface area contributed by atoms with E-state index < -0.39 is 0 Å². The summed E-state index contributed by atoms with van der Waals surface area (Å²) in [7, 11) is 5.66. The van der Waals surface area contributed by atoms with Crippen molar-refractivity contribution in [3.63, 3.8) is 0 Å². The minimum atomic E-state index is -0.00699. The number of carbonyl (C=O) groups excluding carboxylic acids is 1. The van der Waals surface area contributed by atoms with Crippen LogP contribution in [0.25, 0.3) is 5.70 Å². The molecule has 1 N–H and O–H groups in total. The molecule has 1 aliphatic heterocycles. The lowest BCUT2D eigenvalue weighted by atomic mass is 9.94. The van der Waals surface area contributed by atoms with Gasteiger partial charge in [-0.1, -0.05) is 24.3 Å². The number of nitrogens with one attached hydrogen (secondary N) is 1. The van der Waals surface area contributed by atoms with Crippen LogP contribution in [0.15, 0.2) is 53.0 Å². The number of hydrogen-bond donors (Lipinski definition) is 1. The van der Waals surface area contributed by atoms with Gasteiger partial charge in [0, 0.05) is 24.2 Å². The highest BCUT2D eigenvalue weighted by molar-refractivity contribution is 6.42. The monoisotopic (exact) mass is 347 g/mol. The van der Waals surface area contributed by atoms with Crippen LogP contribution in [0.5, 0.6) is 5.75 Å². The molecule has 0 unspecified atom stereocenters. The van der Waals surface area contributed by atoms with E-state index in [2.05, 4.69) is 10.2 Å². The maximum absolute atomic E-state index is 13.3. The Morgan fingerprint density at radius 2 is 1.85 bits per heavy atom. The topological polar surface area (TPSA) is 53.9 Å². The number of likely N-dealkylation sites (N-methyl/N-ethyl adjacent to an activating group) is 1. The Hall–Kier alpha value is -2.92. The zero-order chi connectivity index (χ0) is 18.3. The fraction of sp³-hybridized carbons (Fsp3) is 0.238. The molecule has 2 aliphatic rings. The largest absolute Gasteiger partial charge is 0.497 e. The predicted octanol–water partition coefficient (Wildman–Crippen LogP) is 2.89. The second kappa shape index (κ2) is 6.42. The van der Waals surface area contributed by atoms with Crippen molar-refractivity contribution in [1.82, 2.24) is 10.2 Å². The minimum absolute atomic E-state index is 0.00699. The van der Waals surface area contributed by atoms with Crippen LogP contribution >= 0.6 is 0 Å². The van der Waals surface area contributed by atoms with Crippen LogP contribution in [0.4, 0.5) is 5.69 Å². The summed E-state index contributed by atoms with van der Waals surface area (Å²) in [6.07, 6.45) is 0. The molecule has 0 bridgehead atoms. The zero-order valence-electron chi connectivity index (χ0n) is 15.2. The summed E-state index contributed by atoms with van der Waals surface area (Å²) in [6, 6.07) is 13.5. The Morgan fingerprint density at radius 3 is 2.58 bits per heavy atom. The van der Waals surface area contributed by atoms with E-state index in [4.69, 9.17) is 9.73 Å².